The molecule has 1 aromatic heterocycles. The number of aromatic nitrogens is 2. The van der Waals surface area contributed by atoms with E-state index < -0.39 is 0 Å². The van der Waals surface area contributed by atoms with Gasteiger partial charge in [0.2, 0.25) is 11.8 Å². The third-order valence-corrected chi connectivity index (χ3v) is 4.43. The van der Waals surface area contributed by atoms with Crippen LogP contribution in [0.3, 0.4) is 0 Å². The molecule has 0 radical (unpaired) electrons. The number of aromatic amines is 1. The maximum Gasteiger partial charge on any atom is 0.227 e. The molecule has 6 heteroatoms. The van der Waals surface area contributed by atoms with Gasteiger partial charge in [-0.05, 0) is 30.0 Å². The zero-order valence-electron chi connectivity index (χ0n) is 13.8. The Balaban J connectivity index is 1.58. The Hall–Kier alpha value is -2.63. The van der Waals surface area contributed by atoms with Crippen molar-refractivity contribution in [3.63, 3.8) is 0 Å². The highest BCUT2D eigenvalue weighted by Crippen LogP contribution is 2.28. The number of nitrogens with zero attached hydrogens (tertiary/aromatic N) is 2. The van der Waals surface area contributed by atoms with Crippen molar-refractivity contribution >= 4 is 17.5 Å². The lowest BCUT2D eigenvalue weighted by Gasteiger charge is -2.19. The first-order valence-electron chi connectivity index (χ1n) is 8.32. The molecule has 0 bridgehead atoms. The topological polar surface area (TPSA) is 78.1 Å². The summed E-state index contributed by atoms with van der Waals surface area (Å²) in [4.78, 5) is 26.4. The monoisotopic (exact) mass is 326 g/mol. The Bertz CT molecular complexity index is 712. The largest absolute Gasteiger partial charge is 0.355 e. The molecule has 24 heavy (non-hydrogen) atoms. The predicted octanol–water partition coefficient (Wildman–Crippen LogP) is 1.68. The van der Waals surface area contributed by atoms with Crippen LogP contribution in [0.1, 0.15) is 24.5 Å². The van der Waals surface area contributed by atoms with Gasteiger partial charge in [0, 0.05) is 31.4 Å². The minimum absolute atomic E-state index is 0.0193. The first kappa shape index (κ1) is 16.2. The Kier molecular flexibility index (Phi) is 4.93. The van der Waals surface area contributed by atoms with Crippen molar-refractivity contribution < 1.29 is 9.59 Å². The molecule has 1 unspecified atom stereocenters. The van der Waals surface area contributed by atoms with Crippen LogP contribution in [0.15, 0.2) is 36.7 Å². The lowest BCUT2D eigenvalue weighted by molar-refractivity contribution is -0.126. The average Bonchev–Trinajstić information content (AvgIpc) is 3.24. The number of hydrogen-bond acceptors (Lipinski definition) is 3. The van der Waals surface area contributed by atoms with Gasteiger partial charge in [-0.2, -0.15) is 5.10 Å². The molecule has 1 aliphatic rings. The Morgan fingerprint density at radius 2 is 2.25 bits per heavy atom. The number of rotatable bonds is 6. The van der Waals surface area contributed by atoms with E-state index in [0.717, 1.165) is 29.7 Å². The van der Waals surface area contributed by atoms with Crippen molar-refractivity contribution in [3.05, 3.63) is 47.8 Å². The molecule has 6 nitrogen and oxygen atoms in total. The van der Waals surface area contributed by atoms with Crippen LogP contribution < -0.4 is 10.2 Å². The van der Waals surface area contributed by atoms with Gasteiger partial charge in [0.05, 0.1) is 12.1 Å². The van der Waals surface area contributed by atoms with Crippen LogP contribution in [-0.2, 0) is 22.4 Å². The van der Waals surface area contributed by atoms with Crippen LogP contribution in [0.5, 0.6) is 0 Å². The maximum atomic E-state index is 12.4. The number of carbonyl (C=O) groups is 2. The molecule has 1 aromatic carbocycles. The molecule has 0 spiro atoms. The van der Waals surface area contributed by atoms with Crippen molar-refractivity contribution in [1.29, 1.82) is 0 Å². The number of para-hydroxylation sites is 1. The lowest BCUT2D eigenvalue weighted by atomic mass is 10.1. The number of benzene rings is 1. The van der Waals surface area contributed by atoms with E-state index in [9.17, 15) is 9.59 Å². The number of nitrogens with one attached hydrogen (secondary N) is 2. The summed E-state index contributed by atoms with van der Waals surface area (Å²) < 4.78 is 0. The summed E-state index contributed by atoms with van der Waals surface area (Å²) >= 11 is 0. The Morgan fingerprint density at radius 1 is 1.42 bits per heavy atom. The van der Waals surface area contributed by atoms with Gasteiger partial charge in [-0.3, -0.25) is 14.7 Å². The van der Waals surface area contributed by atoms with Crippen LogP contribution in [0.4, 0.5) is 5.69 Å². The summed E-state index contributed by atoms with van der Waals surface area (Å²) in [5.74, 6) is -0.319. The number of aryl methyl sites for hydroxylation is 1. The van der Waals surface area contributed by atoms with Gasteiger partial charge in [0.15, 0.2) is 0 Å². The van der Waals surface area contributed by atoms with Crippen molar-refractivity contribution in [2.75, 3.05) is 18.0 Å². The third kappa shape index (κ3) is 3.48. The molecule has 0 saturated carbocycles. The van der Waals surface area contributed by atoms with Gasteiger partial charge in [-0.25, -0.2) is 0 Å². The summed E-state index contributed by atoms with van der Waals surface area (Å²) in [6.45, 7) is 3.07. The maximum absolute atomic E-state index is 12.4. The van der Waals surface area contributed by atoms with E-state index in [4.69, 9.17) is 0 Å². The molecule has 3 rings (SSSR count). The molecule has 1 fully saturated rings. The fourth-order valence-corrected chi connectivity index (χ4v) is 3.08. The van der Waals surface area contributed by atoms with Gasteiger partial charge < -0.3 is 10.2 Å². The number of carbonyl (C=O) groups excluding carboxylic acids is 2. The Morgan fingerprint density at radius 3 is 3.00 bits per heavy atom. The van der Waals surface area contributed by atoms with E-state index in [1.165, 1.54) is 0 Å². The van der Waals surface area contributed by atoms with Crippen molar-refractivity contribution in [1.82, 2.24) is 15.5 Å². The first-order valence-corrected chi connectivity index (χ1v) is 8.32. The summed E-state index contributed by atoms with van der Waals surface area (Å²) in [6.07, 6.45) is 5.42. The second-order valence-corrected chi connectivity index (χ2v) is 6.04. The summed E-state index contributed by atoms with van der Waals surface area (Å²) in [6, 6.07) is 7.89. The molecule has 2 N–H and O–H groups in total. The van der Waals surface area contributed by atoms with Gasteiger partial charge in [0.25, 0.3) is 0 Å². The fourth-order valence-electron chi connectivity index (χ4n) is 3.08. The van der Waals surface area contributed by atoms with Crippen molar-refractivity contribution in [3.8, 4) is 0 Å². The third-order valence-electron chi connectivity index (χ3n) is 4.43. The normalized spacial score (nSPS) is 17.3. The number of hydrogen-bond donors (Lipinski definition) is 2. The minimum Gasteiger partial charge on any atom is -0.355 e. The SMILES string of the molecule is CCc1ccccc1N1CC(C(=O)NCCc2cn[nH]c2)CC1=O. The standard InChI is InChI=1S/C18H22N4O2/c1-2-14-5-3-4-6-16(14)22-12-15(9-17(22)23)18(24)19-8-7-13-10-20-21-11-13/h3-6,10-11,15H,2,7-9,12H2,1H3,(H,19,24)(H,20,21). The van der Waals surface area contributed by atoms with Gasteiger partial charge in [-0.1, -0.05) is 25.1 Å². The molecule has 2 aromatic rings. The lowest BCUT2D eigenvalue weighted by Crippen LogP contribution is -2.34. The van der Waals surface area contributed by atoms with E-state index in [0.29, 0.717) is 13.1 Å². The van der Waals surface area contributed by atoms with E-state index >= 15 is 0 Å². The second-order valence-electron chi connectivity index (χ2n) is 6.04. The molecule has 0 aliphatic carbocycles. The number of H-pyrrole nitrogens is 1. The molecule has 2 amide bonds. The molecule has 126 valence electrons. The van der Waals surface area contributed by atoms with Crippen LogP contribution in [0.2, 0.25) is 0 Å². The van der Waals surface area contributed by atoms with Crippen LogP contribution in [0.25, 0.3) is 0 Å². The average molecular weight is 326 g/mol. The molecule has 2 heterocycles. The molecular formula is C18H22N4O2. The summed E-state index contributed by atoms with van der Waals surface area (Å²) in [5, 5.41) is 9.55. The van der Waals surface area contributed by atoms with E-state index in [2.05, 4.69) is 22.4 Å². The Labute approximate surface area is 141 Å². The molecule has 1 saturated heterocycles. The number of anilines is 1. The van der Waals surface area contributed by atoms with Crippen molar-refractivity contribution in [2.45, 2.75) is 26.2 Å². The highest BCUT2D eigenvalue weighted by atomic mass is 16.2. The summed E-state index contributed by atoms with van der Waals surface area (Å²) in [5.41, 5.74) is 3.11. The van der Waals surface area contributed by atoms with Crippen molar-refractivity contribution in [2.24, 2.45) is 5.92 Å². The second kappa shape index (κ2) is 7.29. The van der Waals surface area contributed by atoms with Crippen LogP contribution >= 0.6 is 0 Å². The minimum atomic E-state index is -0.285. The number of amides is 2. The fraction of sp³-hybridized carbons (Fsp3) is 0.389. The van der Waals surface area contributed by atoms with E-state index in [1.807, 2.05) is 30.5 Å². The smallest absolute Gasteiger partial charge is 0.227 e. The highest BCUT2D eigenvalue weighted by molar-refractivity contribution is 6.00. The zero-order valence-corrected chi connectivity index (χ0v) is 13.8. The summed E-state index contributed by atoms with van der Waals surface area (Å²) in [7, 11) is 0. The molecule has 1 aliphatic heterocycles. The zero-order chi connectivity index (χ0) is 16.9. The van der Waals surface area contributed by atoms with Crippen LogP contribution in [0, 0.1) is 5.92 Å². The molecular weight excluding hydrogens is 304 g/mol. The predicted molar refractivity (Wildman–Crippen MR) is 91.6 cm³/mol. The van der Waals surface area contributed by atoms with Crippen LogP contribution in [-0.4, -0.2) is 35.1 Å². The quantitative estimate of drug-likeness (QED) is 0.848. The van der Waals surface area contributed by atoms with E-state index in [-0.39, 0.29) is 24.2 Å². The molecule has 1 atom stereocenters. The first-order chi connectivity index (χ1) is 11.7. The van der Waals surface area contributed by atoms with Gasteiger partial charge in [0.1, 0.15) is 0 Å². The highest BCUT2D eigenvalue weighted by Gasteiger charge is 2.35. The van der Waals surface area contributed by atoms with E-state index in [1.54, 1.807) is 11.1 Å². The van der Waals surface area contributed by atoms with Gasteiger partial charge in [-0.15, -0.1) is 0 Å². The van der Waals surface area contributed by atoms with Gasteiger partial charge >= 0.3 is 0 Å².